The van der Waals surface area contributed by atoms with Gasteiger partial charge < -0.3 is 10.8 Å². The zero-order valence-electron chi connectivity index (χ0n) is 9.88. The first-order valence-corrected chi connectivity index (χ1v) is 6.55. The topological polar surface area (TPSA) is 59.1 Å². The summed E-state index contributed by atoms with van der Waals surface area (Å²) in [6.07, 6.45) is 4.05. The lowest BCUT2D eigenvalue weighted by Crippen LogP contribution is -2.15. The van der Waals surface area contributed by atoms with E-state index in [0.29, 0.717) is 18.5 Å². The third-order valence-electron chi connectivity index (χ3n) is 2.78. The molecule has 94 valence electrons. The Bertz CT molecular complexity index is 513. The fraction of sp³-hybridized carbons (Fsp3) is 0.214. The number of nitrogens with two attached hydrogens (primary N) is 1. The fourth-order valence-electron chi connectivity index (χ4n) is 1.83. The molecule has 0 saturated carbocycles. The van der Waals surface area contributed by atoms with E-state index in [2.05, 4.69) is 20.9 Å². The quantitative estimate of drug-likeness (QED) is 0.912. The number of nitrogen functional groups attached to an aromatic ring is 1. The molecular formula is C14H15BrN2O. The summed E-state index contributed by atoms with van der Waals surface area (Å²) in [5.41, 5.74) is 8.50. The molecule has 0 aliphatic rings. The summed E-state index contributed by atoms with van der Waals surface area (Å²) < 4.78 is 1.04. The number of pyridine rings is 1. The number of aliphatic hydroxyl groups is 1. The number of aliphatic hydroxyl groups excluding tert-OH is 1. The molecule has 2 rings (SSSR count). The van der Waals surface area contributed by atoms with Gasteiger partial charge in [0.1, 0.15) is 0 Å². The number of aromatic nitrogens is 1. The first kappa shape index (κ1) is 13.1. The Kier molecular flexibility index (Phi) is 4.33. The smallest absolute Gasteiger partial charge is 0.0622 e. The predicted octanol–water partition coefficient (Wildman–Crippen LogP) is 2.57. The van der Waals surface area contributed by atoms with Gasteiger partial charge >= 0.3 is 0 Å². The van der Waals surface area contributed by atoms with E-state index in [4.69, 9.17) is 5.73 Å². The van der Waals surface area contributed by atoms with E-state index in [1.807, 2.05) is 24.3 Å². The second kappa shape index (κ2) is 5.98. The van der Waals surface area contributed by atoms with Crippen LogP contribution in [0.25, 0.3) is 0 Å². The lowest BCUT2D eigenvalue weighted by Gasteiger charge is -2.12. The van der Waals surface area contributed by atoms with Crippen molar-refractivity contribution in [2.75, 3.05) is 5.73 Å². The maximum Gasteiger partial charge on any atom is 0.0622 e. The van der Waals surface area contributed by atoms with Crippen molar-refractivity contribution in [3.63, 3.8) is 0 Å². The summed E-state index contributed by atoms with van der Waals surface area (Å²) in [5.74, 6) is 0. The normalized spacial score (nSPS) is 12.3. The van der Waals surface area contributed by atoms with Crippen LogP contribution >= 0.6 is 15.9 Å². The van der Waals surface area contributed by atoms with Crippen molar-refractivity contribution in [3.05, 3.63) is 58.3 Å². The summed E-state index contributed by atoms with van der Waals surface area (Å²) >= 11 is 3.39. The third-order valence-corrected chi connectivity index (χ3v) is 3.31. The first-order chi connectivity index (χ1) is 8.65. The van der Waals surface area contributed by atoms with Crippen molar-refractivity contribution >= 4 is 21.6 Å². The van der Waals surface area contributed by atoms with E-state index in [1.54, 1.807) is 18.5 Å². The van der Waals surface area contributed by atoms with Gasteiger partial charge in [0.25, 0.3) is 0 Å². The second-order valence-corrected chi connectivity index (χ2v) is 5.18. The lowest BCUT2D eigenvalue weighted by atomic mass is 10.0. The Hall–Kier alpha value is -1.39. The van der Waals surface area contributed by atoms with Gasteiger partial charge in [0.05, 0.1) is 6.10 Å². The maximum atomic E-state index is 10.1. The Labute approximate surface area is 115 Å². The molecule has 3 nitrogen and oxygen atoms in total. The monoisotopic (exact) mass is 306 g/mol. The predicted molar refractivity (Wildman–Crippen MR) is 76.2 cm³/mol. The van der Waals surface area contributed by atoms with Crippen LogP contribution in [0.4, 0.5) is 5.69 Å². The van der Waals surface area contributed by atoms with Gasteiger partial charge in [-0.25, -0.2) is 0 Å². The number of nitrogens with zero attached hydrogens (tertiary/aromatic N) is 1. The van der Waals surface area contributed by atoms with Crippen LogP contribution in [0, 0.1) is 0 Å². The van der Waals surface area contributed by atoms with E-state index in [-0.39, 0.29) is 0 Å². The summed E-state index contributed by atoms with van der Waals surface area (Å²) in [6.45, 7) is 0. The number of benzene rings is 1. The molecule has 0 amide bonds. The van der Waals surface area contributed by atoms with E-state index in [9.17, 15) is 5.11 Å². The van der Waals surface area contributed by atoms with Gasteiger partial charge in [-0.1, -0.05) is 28.1 Å². The first-order valence-electron chi connectivity index (χ1n) is 5.76. The summed E-state index contributed by atoms with van der Waals surface area (Å²) in [5, 5.41) is 10.1. The Balaban J connectivity index is 1.99. The molecule has 0 aliphatic carbocycles. The van der Waals surface area contributed by atoms with Crippen molar-refractivity contribution in [3.8, 4) is 0 Å². The van der Waals surface area contributed by atoms with E-state index in [0.717, 1.165) is 15.6 Å². The van der Waals surface area contributed by atoms with Gasteiger partial charge in [-0.3, -0.25) is 4.98 Å². The number of halogens is 1. The molecule has 4 heteroatoms. The van der Waals surface area contributed by atoms with Crippen molar-refractivity contribution in [2.45, 2.75) is 18.9 Å². The molecule has 2 aromatic rings. The van der Waals surface area contributed by atoms with E-state index < -0.39 is 6.10 Å². The molecule has 0 radical (unpaired) electrons. The average molecular weight is 307 g/mol. The minimum Gasteiger partial charge on any atom is -0.398 e. The van der Waals surface area contributed by atoms with Crippen LogP contribution in [0.5, 0.6) is 0 Å². The van der Waals surface area contributed by atoms with E-state index in [1.165, 1.54) is 0 Å². The minimum atomic E-state index is -0.447. The molecule has 1 heterocycles. The Morgan fingerprint density at radius 1 is 1.17 bits per heavy atom. The van der Waals surface area contributed by atoms with Crippen molar-refractivity contribution in [2.24, 2.45) is 0 Å². The third kappa shape index (κ3) is 3.55. The van der Waals surface area contributed by atoms with Crippen LogP contribution in [0.1, 0.15) is 11.1 Å². The summed E-state index contributed by atoms with van der Waals surface area (Å²) in [6, 6.07) is 9.70. The van der Waals surface area contributed by atoms with Crippen molar-refractivity contribution < 1.29 is 5.11 Å². The van der Waals surface area contributed by atoms with Gasteiger partial charge in [-0.2, -0.15) is 0 Å². The second-order valence-electron chi connectivity index (χ2n) is 4.26. The van der Waals surface area contributed by atoms with Crippen LogP contribution < -0.4 is 5.73 Å². The zero-order valence-corrected chi connectivity index (χ0v) is 11.5. The molecule has 0 fully saturated rings. The summed E-state index contributed by atoms with van der Waals surface area (Å²) in [4.78, 5) is 4.02. The molecule has 0 spiro atoms. The Morgan fingerprint density at radius 2 is 1.89 bits per heavy atom. The number of hydrogen-bond acceptors (Lipinski definition) is 3. The largest absolute Gasteiger partial charge is 0.398 e. The van der Waals surface area contributed by atoms with Gasteiger partial charge in [-0.05, 0) is 35.7 Å². The van der Waals surface area contributed by atoms with Gasteiger partial charge in [0.2, 0.25) is 0 Å². The molecule has 3 N–H and O–H groups in total. The van der Waals surface area contributed by atoms with Crippen LogP contribution in [-0.2, 0) is 12.8 Å². The SMILES string of the molecule is Nc1ccncc1CC(O)Cc1ccc(Br)cc1. The fourth-order valence-corrected chi connectivity index (χ4v) is 2.09. The molecule has 18 heavy (non-hydrogen) atoms. The Morgan fingerprint density at radius 3 is 2.56 bits per heavy atom. The highest BCUT2D eigenvalue weighted by atomic mass is 79.9. The van der Waals surface area contributed by atoms with Crippen LogP contribution in [0.2, 0.25) is 0 Å². The standard InChI is InChI=1S/C14H15BrN2O/c15-12-3-1-10(2-4-12)7-13(18)8-11-9-17-6-5-14(11)16/h1-6,9,13,18H,7-8H2,(H2,16,17). The highest BCUT2D eigenvalue weighted by Crippen LogP contribution is 2.15. The molecule has 0 saturated heterocycles. The molecule has 0 aliphatic heterocycles. The van der Waals surface area contributed by atoms with Crippen molar-refractivity contribution in [1.82, 2.24) is 4.98 Å². The molecule has 1 aromatic carbocycles. The number of hydrogen-bond donors (Lipinski definition) is 2. The molecule has 1 aromatic heterocycles. The zero-order chi connectivity index (χ0) is 13.0. The lowest BCUT2D eigenvalue weighted by molar-refractivity contribution is 0.175. The van der Waals surface area contributed by atoms with Gasteiger partial charge in [-0.15, -0.1) is 0 Å². The number of rotatable bonds is 4. The van der Waals surface area contributed by atoms with E-state index >= 15 is 0 Å². The van der Waals surface area contributed by atoms with Gasteiger partial charge in [0.15, 0.2) is 0 Å². The highest BCUT2D eigenvalue weighted by molar-refractivity contribution is 9.10. The minimum absolute atomic E-state index is 0.447. The highest BCUT2D eigenvalue weighted by Gasteiger charge is 2.09. The molecular weight excluding hydrogens is 292 g/mol. The average Bonchev–Trinajstić information content (AvgIpc) is 2.35. The van der Waals surface area contributed by atoms with Crippen LogP contribution in [0.15, 0.2) is 47.2 Å². The molecule has 1 unspecified atom stereocenters. The van der Waals surface area contributed by atoms with Gasteiger partial charge in [0, 0.05) is 29.0 Å². The molecule has 1 atom stereocenters. The maximum absolute atomic E-state index is 10.1. The van der Waals surface area contributed by atoms with Crippen molar-refractivity contribution in [1.29, 1.82) is 0 Å². The number of anilines is 1. The summed E-state index contributed by atoms with van der Waals surface area (Å²) in [7, 11) is 0. The van der Waals surface area contributed by atoms with Crippen LogP contribution in [0.3, 0.4) is 0 Å². The van der Waals surface area contributed by atoms with Crippen LogP contribution in [-0.4, -0.2) is 16.2 Å². The molecule has 0 bridgehead atoms.